The number of nitrogens with one attached hydrogen (secondary N) is 2. The number of para-hydroxylation sites is 2. The average Bonchev–Trinajstić information content (AvgIpc) is 2.62. The van der Waals surface area contributed by atoms with Crippen LogP contribution in [0.2, 0.25) is 5.02 Å². The summed E-state index contributed by atoms with van der Waals surface area (Å²) in [7, 11) is 0. The summed E-state index contributed by atoms with van der Waals surface area (Å²) in [4.78, 5) is 23.6. The molecule has 25 heavy (non-hydrogen) atoms. The average molecular weight is 363 g/mol. The summed E-state index contributed by atoms with van der Waals surface area (Å²) in [6, 6.07) is 13.6. The number of halogens is 1. The van der Waals surface area contributed by atoms with Gasteiger partial charge in [0, 0.05) is 10.6 Å². The summed E-state index contributed by atoms with van der Waals surface area (Å²) in [5.41, 5.74) is 5.07. The first kappa shape index (κ1) is 18.6. The predicted octanol–water partition coefficient (Wildman–Crippen LogP) is 2.97. The molecule has 0 aromatic heterocycles. The van der Waals surface area contributed by atoms with Crippen molar-refractivity contribution in [2.45, 2.75) is 13.3 Å². The summed E-state index contributed by atoms with van der Waals surface area (Å²) in [6.45, 7) is 2.57. The Kier molecular flexibility index (Phi) is 7.10. The molecule has 2 aromatic rings. The van der Waals surface area contributed by atoms with Crippen LogP contribution in [0.3, 0.4) is 0 Å². The molecule has 132 valence electrons. The first-order valence-electron chi connectivity index (χ1n) is 7.79. The Morgan fingerprint density at radius 3 is 2.24 bits per heavy atom. The van der Waals surface area contributed by atoms with Gasteiger partial charge in [-0.3, -0.25) is 20.4 Å². The molecule has 0 bridgehead atoms. The molecule has 0 radical (unpaired) electrons. The number of amides is 2. The third-order valence-corrected chi connectivity index (χ3v) is 3.41. The van der Waals surface area contributed by atoms with Crippen LogP contribution in [0.15, 0.2) is 48.5 Å². The lowest BCUT2D eigenvalue weighted by molar-refractivity contribution is -0.122. The number of hydrazine groups is 1. The molecule has 2 aromatic carbocycles. The minimum atomic E-state index is -0.423. The van der Waals surface area contributed by atoms with Crippen LogP contribution in [-0.4, -0.2) is 25.0 Å². The lowest BCUT2D eigenvalue weighted by Gasteiger charge is -2.12. The van der Waals surface area contributed by atoms with Crippen LogP contribution in [0, 0.1) is 0 Å². The fraction of sp³-hybridized carbons (Fsp3) is 0.222. The van der Waals surface area contributed by atoms with Crippen molar-refractivity contribution in [2.75, 3.05) is 13.2 Å². The van der Waals surface area contributed by atoms with Crippen LogP contribution in [0.25, 0.3) is 0 Å². The van der Waals surface area contributed by atoms with Gasteiger partial charge in [0.05, 0.1) is 19.6 Å². The Bertz CT molecular complexity index is 719. The number of ether oxygens (including phenoxy) is 2. The first-order chi connectivity index (χ1) is 12.1. The minimum Gasteiger partial charge on any atom is -0.490 e. The second-order valence-corrected chi connectivity index (χ2v) is 5.42. The summed E-state index contributed by atoms with van der Waals surface area (Å²) in [5.74, 6) is 0.410. The molecular formula is C18H19ClN2O4. The van der Waals surface area contributed by atoms with E-state index in [1.165, 1.54) is 0 Å². The molecular weight excluding hydrogens is 344 g/mol. The van der Waals surface area contributed by atoms with Crippen LogP contribution in [0.1, 0.15) is 23.7 Å². The van der Waals surface area contributed by atoms with Gasteiger partial charge in [-0.15, -0.1) is 0 Å². The van der Waals surface area contributed by atoms with Crippen molar-refractivity contribution >= 4 is 23.4 Å². The van der Waals surface area contributed by atoms with E-state index in [-0.39, 0.29) is 18.9 Å². The van der Waals surface area contributed by atoms with Crippen molar-refractivity contribution in [1.82, 2.24) is 10.9 Å². The molecule has 2 N–H and O–H groups in total. The summed E-state index contributed by atoms with van der Waals surface area (Å²) in [6.07, 6.45) is 0.0847. The molecule has 0 atom stereocenters. The highest BCUT2D eigenvalue weighted by Gasteiger charge is 2.08. The van der Waals surface area contributed by atoms with E-state index in [9.17, 15) is 9.59 Å². The van der Waals surface area contributed by atoms with Crippen molar-refractivity contribution < 1.29 is 19.1 Å². The minimum absolute atomic E-state index is 0.0847. The molecule has 0 aliphatic heterocycles. The Morgan fingerprint density at radius 1 is 0.960 bits per heavy atom. The molecule has 0 aliphatic rings. The third-order valence-electron chi connectivity index (χ3n) is 3.16. The van der Waals surface area contributed by atoms with Gasteiger partial charge in [0.25, 0.3) is 5.91 Å². The standard InChI is InChI=1S/C18H19ClN2O4/c1-2-24-15-5-3-4-6-16(15)25-12-11-17(22)20-21-18(23)13-7-9-14(19)10-8-13/h3-10H,2,11-12H2,1H3,(H,20,22)(H,21,23). The number of hydrogen-bond acceptors (Lipinski definition) is 4. The Labute approximate surface area is 151 Å². The van der Waals surface area contributed by atoms with Crippen LogP contribution < -0.4 is 20.3 Å². The fourth-order valence-corrected chi connectivity index (χ4v) is 2.09. The van der Waals surface area contributed by atoms with Crippen molar-refractivity contribution in [3.63, 3.8) is 0 Å². The zero-order valence-electron chi connectivity index (χ0n) is 13.8. The molecule has 0 saturated carbocycles. The maximum Gasteiger partial charge on any atom is 0.269 e. The van der Waals surface area contributed by atoms with Gasteiger partial charge < -0.3 is 9.47 Å². The Balaban J connectivity index is 1.74. The smallest absolute Gasteiger partial charge is 0.269 e. The monoisotopic (exact) mass is 362 g/mol. The molecule has 0 aliphatic carbocycles. The van der Waals surface area contributed by atoms with Crippen LogP contribution in [0.4, 0.5) is 0 Å². The molecule has 0 fully saturated rings. The maximum atomic E-state index is 11.9. The zero-order valence-corrected chi connectivity index (χ0v) is 14.5. The number of benzene rings is 2. The molecule has 0 heterocycles. The lowest BCUT2D eigenvalue weighted by atomic mass is 10.2. The molecule has 7 heteroatoms. The molecule has 0 spiro atoms. The SMILES string of the molecule is CCOc1ccccc1OCCC(=O)NNC(=O)c1ccc(Cl)cc1. The van der Waals surface area contributed by atoms with E-state index in [2.05, 4.69) is 10.9 Å². The van der Waals surface area contributed by atoms with E-state index in [1.54, 1.807) is 36.4 Å². The summed E-state index contributed by atoms with van der Waals surface area (Å²) < 4.78 is 11.0. The summed E-state index contributed by atoms with van der Waals surface area (Å²) in [5, 5.41) is 0.532. The molecule has 6 nitrogen and oxygen atoms in total. The highest BCUT2D eigenvalue weighted by Crippen LogP contribution is 2.26. The predicted molar refractivity (Wildman–Crippen MR) is 94.8 cm³/mol. The molecule has 0 saturated heterocycles. The molecule has 2 amide bonds. The van der Waals surface area contributed by atoms with Gasteiger partial charge >= 0.3 is 0 Å². The van der Waals surface area contributed by atoms with Crippen molar-refractivity contribution in [3.05, 3.63) is 59.1 Å². The van der Waals surface area contributed by atoms with Gasteiger partial charge in [0.2, 0.25) is 5.91 Å². The van der Waals surface area contributed by atoms with Gasteiger partial charge in [-0.05, 0) is 43.3 Å². The largest absolute Gasteiger partial charge is 0.490 e. The Morgan fingerprint density at radius 2 is 1.60 bits per heavy atom. The highest BCUT2D eigenvalue weighted by atomic mass is 35.5. The van der Waals surface area contributed by atoms with Crippen LogP contribution in [-0.2, 0) is 4.79 Å². The van der Waals surface area contributed by atoms with E-state index < -0.39 is 5.91 Å². The maximum absolute atomic E-state index is 11.9. The highest BCUT2D eigenvalue weighted by molar-refractivity contribution is 6.30. The van der Waals surface area contributed by atoms with E-state index in [0.717, 1.165) is 0 Å². The fourth-order valence-electron chi connectivity index (χ4n) is 1.96. The van der Waals surface area contributed by atoms with Crippen molar-refractivity contribution in [2.24, 2.45) is 0 Å². The first-order valence-corrected chi connectivity index (χ1v) is 8.17. The second-order valence-electron chi connectivity index (χ2n) is 4.99. The second kappa shape index (κ2) is 9.54. The van der Waals surface area contributed by atoms with Crippen LogP contribution >= 0.6 is 11.6 Å². The normalized spacial score (nSPS) is 10.0. The number of carbonyl (C=O) groups excluding carboxylic acids is 2. The number of carbonyl (C=O) groups is 2. The van der Waals surface area contributed by atoms with Gasteiger partial charge in [-0.1, -0.05) is 23.7 Å². The number of hydrogen-bond donors (Lipinski definition) is 2. The molecule has 0 unspecified atom stereocenters. The topological polar surface area (TPSA) is 76.7 Å². The quantitative estimate of drug-likeness (QED) is 0.742. The third kappa shape index (κ3) is 6.00. The van der Waals surface area contributed by atoms with E-state index in [1.807, 2.05) is 19.1 Å². The summed E-state index contributed by atoms with van der Waals surface area (Å²) >= 11 is 5.76. The van der Waals surface area contributed by atoms with Crippen molar-refractivity contribution in [1.29, 1.82) is 0 Å². The van der Waals surface area contributed by atoms with E-state index in [0.29, 0.717) is 28.7 Å². The van der Waals surface area contributed by atoms with Crippen molar-refractivity contribution in [3.8, 4) is 11.5 Å². The zero-order chi connectivity index (χ0) is 18.1. The van der Waals surface area contributed by atoms with Gasteiger partial charge in [-0.25, -0.2) is 0 Å². The van der Waals surface area contributed by atoms with Gasteiger partial charge in [-0.2, -0.15) is 0 Å². The molecule has 2 rings (SSSR count). The number of rotatable bonds is 7. The van der Waals surface area contributed by atoms with Crippen LogP contribution in [0.5, 0.6) is 11.5 Å². The van der Waals surface area contributed by atoms with E-state index in [4.69, 9.17) is 21.1 Å². The van der Waals surface area contributed by atoms with E-state index >= 15 is 0 Å². The Hall–Kier alpha value is -2.73. The van der Waals surface area contributed by atoms with Gasteiger partial charge in [0.15, 0.2) is 11.5 Å². The lowest BCUT2D eigenvalue weighted by Crippen LogP contribution is -2.42. The van der Waals surface area contributed by atoms with Gasteiger partial charge in [0.1, 0.15) is 0 Å².